The van der Waals surface area contributed by atoms with E-state index in [9.17, 15) is 45.0 Å². The van der Waals surface area contributed by atoms with Crippen LogP contribution in [0.1, 0.15) is 71.8 Å². The van der Waals surface area contributed by atoms with Gasteiger partial charge >= 0.3 is 18.2 Å². The third-order valence-electron chi connectivity index (χ3n) is 20.2. The van der Waals surface area contributed by atoms with Crippen molar-refractivity contribution in [1.29, 1.82) is 0 Å². The molecule has 4 aromatic carbocycles. The number of aromatic nitrogens is 7. The Balaban J connectivity index is 0.000000137. The Hall–Kier alpha value is -7.62. The van der Waals surface area contributed by atoms with Crippen molar-refractivity contribution in [2.24, 2.45) is 0 Å². The van der Waals surface area contributed by atoms with Crippen molar-refractivity contribution in [2.45, 2.75) is 101 Å². The van der Waals surface area contributed by atoms with Crippen LogP contribution in [-0.2, 0) is 45.0 Å². The van der Waals surface area contributed by atoms with E-state index < -0.39 is 43.0 Å². The molecule has 4 aromatic heterocycles. The number of halogens is 6. The molecule has 5 aliphatic heterocycles. The number of anilines is 4. The second kappa shape index (κ2) is 30.2. The van der Waals surface area contributed by atoms with E-state index in [4.69, 9.17) is 39.5 Å². The SMILES string of the molecule is C=S(C)(=O)NCCN1C(=O)NC2(CCN(c3cc(Cl)cc4[nH]ncc34)CC2)C1=O.CNC(=O)CN1CCN(c2cc(Cl)cc3[nH]ncc23)CC1(C)C.COC(=O)CN1CCN(c2cc(Cl)cc3[nH]ncc23)CC1(C)C.CS(=O)(=O)N1CCN(c2cc(C(F)(F)F)cc3[nH]ccc23)C2CCCCC21. The topological polar surface area (TPSA) is 293 Å². The van der Waals surface area contributed by atoms with Gasteiger partial charge in [-0.25, -0.2) is 17.9 Å². The molecule has 3 unspecified atom stereocenters. The molecule has 8 aromatic rings. The maximum absolute atomic E-state index is 13.4. The van der Waals surface area contributed by atoms with Crippen LogP contribution in [0.4, 0.5) is 40.7 Å². The predicted octanol–water partition coefficient (Wildman–Crippen LogP) is 8.69. The molecule has 26 nitrogen and oxygen atoms in total. The minimum Gasteiger partial charge on any atom is -0.468 e. The van der Waals surface area contributed by atoms with Gasteiger partial charge < -0.3 is 40.0 Å². The summed E-state index contributed by atoms with van der Waals surface area (Å²) in [7, 11) is -2.63. The van der Waals surface area contributed by atoms with Gasteiger partial charge in [-0.1, -0.05) is 47.6 Å². The molecule has 0 bridgehead atoms. The van der Waals surface area contributed by atoms with Crippen LogP contribution in [0.15, 0.2) is 79.4 Å². The lowest BCUT2D eigenvalue weighted by Gasteiger charge is -2.50. The summed E-state index contributed by atoms with van der Waals surface area (Å²) in [5.74, 6) is 3.13. The molecule has 1 saturated carbocycles. The number of carbonyl (C=O) groups excluding carboxylic acids is 4. The standard InChI is InChI=1S/C18H23ClN6O3S.C18H22F3N3O2S.C16H22ClN5O.C16H21ClN4O2/c1-29(2,28)21-5-8-25-16(26)18(22-17(25)27)3-6-24(7-4-18)15-10-12(19)9-14-13(15)11-20-23-14;1-27(25,26)24-9-8-23(15-4-2-3-5-16(15)24)17-11-12(18(19,20)21)10-14-13(17)6-7-22-14;1-16(2)10-21(4-5-22(16)9-15(23)18-3)14-7-11(17)6-13-12(14)8-19-20-13;1-16(2)10-20(4-5-21(16)9-15(22)23-3)14-7-11(17)6-13-12(14)8-18-19-13/h9-11H,1,3-8H2,2H3,(H,20,23)(H,21,28)(H,22,27);6-7,10-11,15-16,22H,2-5,8-9H2,1H3;6-8H,4-5,9-10H2,1-3H3,(H,18,23)(H,19,20);6-8H,4-5,9-10H2,1-3H3,(H,18,19). The zero-order chi connectivity index (χ0) is 73.4. The van der Waals surface area contributed by atoms with Crippen LogP contribution in [0.5, 0.6) is 0 Å². The second-order valence-corrected chi connectivity index (χ2v) is 33.6. The molecule has 14 rings (SSSR count). The number of ether oxygens (including phenoxy) is 1. The molecule has 34 heteroatoms. The Morgan fingerprint density at radius 1 is 0.667 bits per heavy atom. The number of hydrogen-bond acceptors (Lipinski definition) is 17. The minimum absolute atomic E-state index is 0.0477. The lowest BCUT2D eigenvalue weighted by Crippen LogP contribution is -2.62. The van der Waals surface area contributed by atoms with E-state index in [1.807, 2.05) is 53.7 Å². The Kier molecular flexibility index (Phi) is 22.4. The number of hydrogen-bond donors (Lipinski definition) is 7. The fourth-order valence-corrected chi connectivity index (χ4v) is 17.3. The Morgan fingerprint density at radius 2 is 1.18 bits per heavy atom. The summed E-state index contributed by atoms with van der Waals surface area (Å²) in [5.41, 5.74) is 5.00. The number of piperazine rings is 3. The fraction of sp³-hybridized carbons (Fsp3) is 0.500. The van der Waals surface area contributed by atoms with E-state index in [-0.39, 0.29) is 54.0 Å². The van der Waals surface area contributed by atoms with E-state index in [0.29, 0.717) is 78.4 Å². The number of alkyl halides is 3. The summed E-state index contributed by atoms with van der Waals surface area (Å²) in [4.78, 5) is 65.9. The van der Waals surface area contributed by atoms with Gasteiger partial charge in [0.2, 0.25) is 15.9 Å². The second-order valence-electron chi connectivity index (χ2n) is 28.1. The van der Waals surface area contributed by atoms with Gasteiger partial charge in [0, 0.05) is 196 Å². The summed E-state index contributed by atoms with van der Waals surface area (Å²) in [6, 6.07) is 14.9. The maximum atomic E-state index is 13.4. The van der Waals surface area contributed by atoms with Crippen molar-refractivity contribution in [2.75, 3.05) is 138 Å². The van der Waals surface area contributed by atoms with Crippen LogP contribution in [0.2, 0.25) is 15.1 Å². The normalized spacial score (nSPS) is 20.9. The molecule has 4 amide bonds. The van der Waals surface area contributed by atoms with E-state index in [1.54, 1.807) is 25.5 Å². The average Bonchev–Trinajstić information content (AvgIpc) is 1.35. The molecule has 5 saturated heterocycles. The van der Waals surface area contributed by atoms with E-state index in [0.717, 1.165) is 126 Å². The third kappa shape index (κ3) is 16.8. The zero-order valence-corrected chi connectivity index (χ0v) is 62.2. The van der Waals surface area contributed by atoms with Crippen molar-refractivity contribution >= 4 is 151 Å². The number of nitrogens with zero attached hydrogens (tertiary/aromatic N) is 11. The number of benzene rings is 4. The summed E-state index contributed by atoms with van der Waals surface area (Å²) in [5, 5.41) is 32.6. The fourth-order valence-electron chi connectivity index (χ4n) is 14.9. The van der Waals surface area contributed by atoms with Gasteiger partial charge in [0.1, 0.15) is 5.54 Å². The summed E-state index contributed by atoms with van der Waals surface area (Å²) in [6.45, 7) is 16.5. The quantitative estimate of drug-likeness (QED) is 0.0323. The Morgan fingerprint density at radius 3 is 1.66 bits per heavy atom. The molecule has 0 radical (unpaired) electrons. The monoisotopic (exact) mass is 1510 g/mol. The van der Waals surface area contributed by atoms with Crippen LogP contribution in [0.25, 0.3) is 43.6 Å². The van der Waals surface area contributed by atoms with Gasteiger partial charge in [-0.15, -0.1) is 0 Å². The maximum Gasteiger partial charge on any atom is 0.416 e. The number of imide groups is 1. The smallest absolute Gasteiger partial charge is 0.416 e. The molecule has 6 aliphatic rings. The first-order chi connectivity index (χ1) is 48.1. The van der Waals surface area contributed by atoms with Gasteiger partial charge in [0.05, 0.1) is 67.2 Å². The van der Waals surface area contributed by atoms with Crippen LogP contribution < -0.4 is 35.0 Å². The van der Waals surface area contributed by atoms with Crippen LogP contribution in [-0.4, -0.2) is 244 Å². The van der Waals surface area contributed by atoms with Crippen molar-refractivity contribution in [3.05, 3.63) is 100 Å². The number of carbonyl (C=O) groups is 4. The highest BCUT2D eigenvalue weighted by Crippen LogP contribution is 2.43. The first-order valence-corrected chi connectivity index (χ1v) is 38.8. The number of H-pyrrole nitrogens is 4. The largest absolute Gasteiger partial charge is 0.468 e. The summed E-state index contributed by atoms with van der Waals surface area (Å²) < 4.78 is 85.3. The van der Waals surface area contributed by atoms with Gasteiger partial charge in [0.25, 0.3) is 5.91 Å². The number of nitrogens with one attached hydrogen (secondary N) is 7. The zero-order valence-electron chi connectivity index (χ0n) is 58.3. The first-order valence-electron chi connectivity index (χ1n) is 33.7. The van der Waals surface area contributed by atoms with Crippen LogP contribution in [0, 0.1) is 0 Å². The number of rotatable bonds is 13. The number of amides is 4. The van der Waals surface area contributed by atoms with Crippen molar-refractivity contribution in [3.63, 3.8) is 0 Å². The lowest BCUT2D eigenvalue weighted by atomic mass is 9.87. The predicted molar refractivity (Wildman–Crippen MR) is 397 cm³/mol. The number of esters is 1. The number of piperidine rings is 1. The highest BCUT2D eigenvalue weighted by Gasteiger charge is 2.52. The Labute approximate surface area is 605 Å². The van der Waals surface area contributed by atoms with Gasteiger partial charge in [0.15, 0.2) is 0 Å². The molecule has 6 fully saturated rings. The molecule has 7 N–H and O–H groups in total. The molecular weight excluding hydrogens is 1420 g/mol. The highest BCUT2D eigenvalue weighted by atomic mass is 35.5. The number of likely N-dealkylation sites (N-methyl/N-ethyl adjacent to an activating group) is 1. The number of methoxy groups -OCH3 is 1. The van der Waals surface area contributed by atoms with Crippen molar-refractivity contribution in [1.82, 2.24) is 69.9 Å². The molecule has 1 aliphatic carbocycles. The minimum atomic E-state index is -4.44. The van der Waals surface area contributed by atoms with E-state index in [1.165, 1.54) is 34.9 Å². The molecule has 102 heavy (non-hydrogen) atoms. The lowest BCUT2D eigenvalue weighted by molar-refractivity contribution is -0.143. The Bertz CT molecular complexity index is 4510. The highest BCUT2D eigenvalue weighted by molar-refractivity contribution is 7.97. The summed E-state index contributed by atoms with van der Waals surface area (Å²) >= 11 is 18.7. The number of aromatic amines is 4. The van der Waals surface area contributed by atoms with Gasteiger partial charge in [-0.05, 0) is 114 Å². The first kappa shape index (κ1) is 75.5. The molecule has 9 heterocycles. The van der Waals surface area contributed by atoms with E-state index >= 15 is 0 Å². The van der Waals surface area contributed by atoms with Gasteiger partial charge in [-0.3, -0.25) is 48.6 Å². The average molecular weight is 1510 g/mol. The molecule has 3 atom stereocenters. The van der Waals surface area contributed by atoms with Crippen molar-refractivity contribution in [3.8, 4) is 0 Å². The number of fused-ring (bicyclic) bond motifs is 5. The van der Waals surface area contributed by atoms with E-state index in [2.05, 4.69) is 109 Å². The van der Waals surface area contributed by atoms with Crippen LogP contribution >= 0.6 is 34.8 Å². The number of urea groups is 1. The van der Waals surface area contributed by atoms with Gasteiger partial charge in [-0.2, -0.15) is 32.8 Å². The number of sulfonamides is 1. The molecule has 1 spiro atoms. The van der Waals surface area contributed by atoms with Crippen molar-refractivity contribution < 1.29 is 49.7 Å². The third-order valence-corrected chi connectivity index (χ3v) is 23.0. The van der Waals surface area contributed by atoms with Crippen LogP contribution in [0.3, 0.4) is 0 Å². The molecule has 552 valence electrons. The molecular formula is C68H88Cl3F3N18O8S2. The summed E-state index contributed by atoms with van der Waals surface area (Å²) in [6.07, 6.45) is 9.70.